The van der Waals surface area contributed by atoms with Crippen molar-refractivity contribution in [3.05, 3.63) is 106 Å². The second kappa shape index (κ2) is 12.8. The van der Waals surface area contributed by atoms with E-state index in [0.717, 1.165) is 11.8 Å². The molecule has 0 saturated carbocycles. The van der Waals surface area contributed by atoms with E-state index >= 15 is 8.78 Å². The fourth-order valence-corrected chi connectivity index (χ4v) is 3.85. The second-order valence-electron chi connectivity index (χ2n) is 9.34. The van der Waals surface area contributed by atoms with Crippen molar-refractivity contribution in [2.75, 3.05) is 0 Å². The number of nitrogens with zero attached hydrogens (tertiary/aromatic N) is 2. The minimum Gasteiger partial charge on any atom is -0.300 e. The van der Waals surface area contributed by atoms with E-state index in [2.05, 4.69) is 22.1 Å². The maximum atomic E-state index is 15.1. The van der Waals surface area contributed by atoms with Crippen molar-refractivity contribution in [2.45, 2.75) is 31.6 Å². The van der Waals surface area contributed by atoms with Gasteiger partial charge >= 0.3 is 33.4 Å². The summed E-state index contributed by atoms with van der Waals surface area (Å²) < 4.78 is 133. The average Bonchev–Trinajstić information content (AvgIpc) is 2.92. The Balaban J connectivity index is 0.00000529. The standard InChI is InChI=1S/C31H14F10N2.Pt/c1-29(2,25-7-3-5-23(42-25)19-9-11-21(32)17(27(19)34)13-15-30(36,37)38)26-8-4-6-24(43-26)20-10-12-22(33)18(28(20)35)14-16-31(39,40)41;/h3-8,11-12H,1-2H3;/q-2;+2. The molecule has 0 atom stereocenters. The third-order valence-electron chi connectivity index (χ3n) is 5.99. The number of halogens is 10. The molecule has 4 rings (SSSR count). The van der Waals surface area contributed by atoms with Crippen LogP contribution in [0.2, 0.25) is 0 Å². The molecule has 0 amide bonds. The predicted molar refractivity (Wildman–Crippen MR) is 135 cm³/mol. The first-order valence-corrected chi connectivity index (χ1v) is 11.9. The fourth-order valence-electron chi connectivity index (χ4n) is 3.85. The Morgan fingerprint density at radius 3 is 1.32 bits per heavy atom. The van der Waals surface area contributed by atoms with Gasteiger partial charge in [0.05, 0.1) is 23.3 Å². The zero-order valence-corrected chi connectivity index (χ0v) is 24.4. The van der Waals surface area contributed by atoms with Gasteiger partial charge in [-0.05, 0) is 37.4 Å². The minimum atomic E-state index is -4.99. The van der Waals surface area contributed by atoms with Gasteiger partial charge in [-0.1, -0.05) is 47.2 Å². The molecule has 2 nitrogen and oxygen atoms in total. The van der Waals surface area contributed by atoms with E-state index < -0.39 is 63.3 Å². The topological polar surface area (TPSA) is 25.8 Å². The Bertz CT molecular complexity index is 1710. The first-order chi connectivity index (χ1) is 20.0. The SMILES string of the molecule is CC(C)(c1cccc(-c2[c-]cc(F)c(C#CC(F)(F)F)c2F)n1)c1cccc(-c2[c-]cc(F)c(C#CC(F)(F)F)c2F)n1.[Pt+2]. The fraction of sp³-hybridized carbons (Fsp3) is 0.161. The van der Waals surface area contributed by atoms with Crippen LogP contribution in [0.3, 0.4) is 0 Å². The summed E-state index contributed by atoms with van der Waals surface area (Å²) in [6, 6.07) is 14.4. The molecule has 0 aliphatic rings. The summed E-state index contributed by atoms with van der Waals surface area (Å²) in [4.78, 5) is 8.73. The van der Waals surface area contributed by atoms with Gasteiger partial charge in [0, 0.05) is 39.8 Å². The summed E-state index contributed by atoms with van der Waals surface area (Å²) in [7, 11) is 0. The van der Waals surface area contributed by atoms with Gasteiger partial charge in [-0.25, -0.2) is 0 Å². The number of hydrogen-bond acceptors (Lipinski definition) is 2. The Kier molecular flexibility index (Phi) is 10.0. The van der Waals surface area contributed by atoms with E-state index in [0.29, 0.717) is 12.1 Å². The maximum absolute atomic E-state index is 15.1. The van der Waals surface area contributed by atoms with Gasteiger partial charge in [0.15, 0.2) is 0 Å². The third kappa shape index (κ3) is 7.67. The molecular weight excluding hydrogens is 785 g/mol. The van der Waals surface area contributed by atoms with Gasteiger partial charge < -0.3 is 9.97 Å². The van der Waals surface area contributed by atoms with Gasteiger partial charge in [-0.3, -0.25) is 17.6 Å². The summed E-state index contributed by atoms with van der Waals surface area (Å²) in [5.74, 6) is -0.999. The van der Waals surface area contributed by atoms with Crippen molar-refractivity contribution >= 4 is 0 Å². The van der Waals surface area contributed by atoms with Gasteiger partial charge in [-0.15, -0.1) is 24.3 Å². The molecule has 0 unspecified atom stereocenters. The Morgan fingerprint density at radius 1 is 0.614 bits per heavy atom. The Morgan fingerprint density at radius 2 is 0.977 bits per heavy atom. The summed E-state index contributed by atoms with van der Waals surface area (Å²) >= 11 is 0. The number of hydrogen-bond donors (Lipinski definition) is 0. The van der Waals surface area contributed by atoms with Crippen molar-refractivity contribution in [3.63, 3.8) is 0 Å². The van der Waals surface area contributed by atoms with E-state index in [1.54, 1.807) is 13.8 Å². The average molecular weight is 800 g/mol. The molecule has 228 valence electrons. The molecule has 0 aliphatic carbocycles. The van der Waals surface area contributed by atoms with Gasteiger partial charge in [0.25, 0.3) is 0 Å². The van der Waals surface area contributed by atoms with Crippen LogP contribution in [0.4, 0.5) is 43.9 Å². The summed E-state index contributed by atoms with van der Waals surface area (Å²) in [6.07, 6.45) is -9.98. The van der Waals surface area contributed by atoms with Gasteiger partial charge in [0.2, 0.25) is 0 Å². The zero-order chi connectivity index (χ0) is 31.7. The van der Waals surface area contributed by atoms with Crippen molar-refractivity contribution < 1.29 is 65.0 Å². The molecule has 44 heavy (non-hydrogen) atoms. The molecular formula is C31H14F10N2Pt. The van der Waals surface area contributed by atoms with E-state index in [1.165, 1.54) is 48.2 Å². The molecule has 2 aromatic heterocycles. The van der Waals surface area contributed by atoms with Crippen molar-refractivity contribution in [1.82, 2.24) is 9.97 Å². The van der Waals surface area contributed by atoms with E-state index in [9.17, 15) is 35.1 Å². The smallest absolute Gasteiger partial charge is 0.300 e. The third-order valence-corrected chi connectivity index (χ3v) is 5.99. The molecule has 0 N–H and O–H groups in total. The number of rotatable bonds is 4. The number of pyridine rings is 2. The van der Waals surface area contributed by atoms with Gasteiger partial charge in [-0.2, -0.15) is 26.3 Å². The first-order valence-electron chi connectivity index (χ1n) is 11.9. The molecule has 0 radical (unpaired) electrons. The zero-order valence-electron chi connectivity index (χ0n) is 22.1. The van der Waals surface area contributed by atoms with Crippen LogP contribution in [0.1, 0.15) is 36.4 Å². The quantitative estimate of drug-likeness (QED) is 0.119. The van der Waals surface area contributed by atoms with E-state index in [4.69, 9.17) is 0 Å². The van der Waals surface area contributed by atoms with Gasteiger partial charge in [0.1, 0.15) is 0 Å². The summed E-state index contributed by atoms with van der Waals surface area (Å²) in [5.41, 5.74) is -4.07. The minimum absolute atomic E-state index is 0. The molecule has 0 fully saturated rings. The van der Waals surface area contributed by atoms with Crippen molar-refractivity contribution in [3.8, 4) is 46.2 Å². The normalized spacial score (nSPS) is 11.5. The van der Waals surface area contributed by atoms with E-state index in [1.807, 2.05) is 0 Å². The molecule has 0 spiro atoms. The van der Waals surface area contributed by atoms with Crippen LogP contribution in [-0.4, -0.2) is 22.3 Å². The van der Waals surface area contributed by atoms with E-state index in [-0.39, 0.29) is 43.8 Å². The monoisotopic (exact) mass is 799 g/mol. The molecule has 0 aliphatic heterocycles. The van der Waals surface area contributed by atoms with Crippen LogP contribution in [0, 0.1) is 59.1 Å². The Hall–Kier alpha value is -4.15. The van der Waals surface area contributed by atoms with Crippen molar-refractivity contribution in [1.29, 1.82) is 0 Å². The summed E-state index contributed by atoms with van der Waals surface area (Å²) in [5, 5.41) is 0. The molecule has 0 bridgehead atoms. The van der Waals surface area contributed by atoms with Crippen LogP contribution >= 0.6 is 0 Å². The summed E-state index contributed by atoms with van der Waals surface area (Å²) in [6.45, 7) is 3.25. The number of alkyl halides is 6. The van der Waals surface area contributed by atoms with Crippen LogP contribution in [0.5, 0.6) is 0 Å². The Labute approximate surface area is 258 Å². The second-order valence-corrected chi connectivity index (χ2v) is 9.34. The molecule has 0 saturated heterocycles. The van der Waals surface area contributed by atoms with Crippen LogP contribution in [0.25, 0.3) is 22.5 Å². The van der Waals surface area contributed by atoms with Crippen LogP contribution in [0.15, 0.2) is 48.5 Å². The largest absolute Gasteiger partial charge is 2.00 e. The molecule has 4 aromatic rings. The number of benzene rings is 2. The number of aromatic nitrogens is 2. The van der Waals surface area contributed by atoms with Crippen molar-refractivity contribution in [2.24, 2.45) is 0 Å². The first kappa shape index (κ1) is 34.3. The molecule has 2 heterocycles. The van der Waals surface area contributed by atoms with Crippen LogP contribution < -0.4 is 0 Å². The predicted octanol–water partition coefficient (Wildman–Crippen LogP) is 8.12. The molecule has 13 heteroatoms. The van der Waals surface area contributed by atoms with Crippen LogP contribution in [-0.2, 0) is 26.5 Å². The molecule has 2 aromatic carbocycles. The maximum Gasteiger partial charge on any atom is 2.00 e.